The topological polar surface area (TPSA) is 29.1 Å². The first-order valence-corrected chi connectivity index (χ1v) is 4.89. The number of halogens is 2. The van der Waals surface area contributed by atoms with E-state index in [9.17, 15) is 4.79 Å². The Morgan fingerprint density at radius 2 is 2.00 bits per heavy atom. The van der Waals surface area contributed by atoms with Crippen LogP contribution in [-0.2, 0) is 4.79 Å². The SMILES string of the molecule is Cc1cc(NC=O)c(Br)cc1Br. The Balaban J connectivity index is 3.13. The Labute approximate surface area is 87.6 Å². The summed E-state index contributed by atoms with van der Waals surface area (Å²) in [6, 6.07) is 3.80. The maximum atomic E-state index is 10.2. The summed E-state index contributed by atoms with van der Waals surface area (Å²) in [6.07, 6.45) is 0.660. The maximum Gasteiger partial charge on any atom is 0.211 e. The molecule has 64 valence electrons. The van der Waals surface area contributed by atoms with E-state index < -0.39 is 0 Å². The standard InChI is InChI=1S/C8H7Br2NO/c1-5-2-8(11-4-12)7(10)3-6(5)9/h2-4H,1H3,(H,11,12). The summed E-state index contributed by atoms with van der Waals surface area (Å²) in [6.45, 7) is 1.96. The van der Waals surface area contributed by atoms with E-state index in [2.05, 4.69) is 37.2 Å². The van der Waals surface area contributed by atoms with E-state index in [0.29, 0.717) is 6.41 Å². The van der Waals surface area contributed by atoms with Crippen LogP contribution in [0.5, 0.6) is 0 Å². The normalized spacial score (nSPS) is 9.58. The van der Waals surface area contributed by atoms with Crippen molar-refractivity contribution in [2.45, 2.75) is 6.92 Å². The molecule has 12 heavy (non-hydrogen) atoms. The third-order valence-electron chi connectivity index (χ3n) is 1.46. The molecule has 0 unspecified atom stereocenters. The molecule has 0 aliphatic carbocycles. The van der Waals surface area contributed by atoms with Crippen molar-refractivity contribution in [1.82, 2.24) is 0 Å². The lowest BCUT2D eigenvalue weighted by molar-refractivity contribution is -0.105. The molecule has 0 saturated carbocycles. The van der Waals surface area contributed by atoms with Crippen molar-refractivity contribution in [3.05, 3.63) is 26.6 Å². The average molecular weight is 293 g/mol. The molecule has 1 aromatic rings. The number of carbonyl (C=O) groups is 1. The van der Waals surface area contributed by atoms with Crippen LogP contribution in [0.2, 0.25) is 0 Å². The number of amides is 1. The Bertz CT molecular complexity index is 312. The van der Waals surface area contributed by atoms with Gasteiger partial charge in [0, 0.05) is 8.95 Å². The summed E-state index contributed by atoms with van der Waals surface area (Å²) in [5.74, 6) is 0. The molecule has 0 heterocycles. The maximum absolute atomic E-state index is 10.2. The van der Waals surface area contributed by atoms with Gasteiger partial charge in [-0.2, -0.15) is 0 Å². The molecule has 1 rings (SSSR count). The largest absolute Gasteiger partial charge is 0.328 e. The van der Waals surface area contributed by atoms with Crippen LogP contribution in [0.4, 0.5) is 5.69 Å². The highest BCUT2D eigenvalue weighted by Gasteiger charge is 2.02. The quantitative estimate of drug-likeness (QED) is 0.834. The third-order valence-corrected chi connectivity index (χ3v) is 2.97. The number of carbonyl (C=O) groups excluding carboxylic acids is 1. The average Bonchev–Trinajstić information content (AvgIpc) is 2.01. The van der Waals surface area contributed by atoms with Crippen LogP contribution in [-0.4, -0.2) is 6.41 Å². The molecule has 0 aliphatic rings. The number of nitrogens with one attached hydrogen (secondary N) is 1. The van der Waals surface area contributed by atoms with Gasteiger partial charge in [-0.1, -0.05) is 15.9 Å². The Kier molecular flexibility index (Phi) is 3.29. The van der Waals surface area contributed by atoms with E-state index >= 15 is 0 Å². The van der Waals surface area contributed by atoms with Gasteiger partial charge in [-0.3, -0.25) is 4.79 Å². The number of anilines is 1. The van der Waals surface area contributed by atoms with Gasteiger partial charge in [-0.25, -0.2) is 0 Å². The molecule has 0 radical (unpaired) electrons. The Morgan fingerprint density at radius 1 is 1.33 bits per heavy atom. The summed E-state index contributed by atoms with van der Waals surface area (Å²) >= 11 is 6.72. The van der Waals surface area contributed by atoms with Crippen molar-refractivity contribution in [1.29, 1.82) is 0 Å². The first kappa shape index (κ1) is 9.74. The minimum absolute atomic E-state index is 0.660. The highest BCUT2D eigenvalue weighted by Crippen LogP contribution is 2.28. The fourth-order valence-corrected chi connectivity index (χ4v) is 1.94. The van der Waals surface area contributed by atoms with Crippen LogP contribution in [0.1, 0.15) is 5.56 Å². The molecule has 0 saturated heterocycles. The van der Waals surface area contributed by atoms with Gasteiger partial charge in [0.25, 0.3) is 0 Å². The van der Waals surface area contributed by atoms with Gasteiger partial charge in [-0.15, -0.1) is 0 Å². The zero-order valence-corrected chi connectivity index (χ0v) is 9.57. The van der Waals surface area contributed by atoms with Crippen LogP contribution in [0.3, 0.4) is 0 Å². The van der Waals surface area contributed by atoms with Crippen molar-refractivity contribution in [2.75, 3.05) is 5.32 Å². The van der Waals surface area contributed by atoms with Crippen LogP contribution in [0.25, 0.3) is 0 Å². The first-order valence-electron chi connectivity index (χ1n) is 3.31. The van der Waals surface area contributed by atoms with Crippen molar-refractivity contribution in [2.24, 2.45) is 0 Å². The number of hydrogen-bond donors (Lipinski definition) is 1. The molecule has 0 spiro atoms. The molecule has 0 aromatic heterocycles. The Hall–Kier alpha value is -0.350. The van der Waals surface area contributed by atoms with Gasteiger partial charge in [-0.05, 0) is 40.5 Å². The molecular weight excluding hydrogens is 286 g/mol. The second kappa shape index (κ2) is 4.05. The van der Waals surface area contributed by atoms with Crippen LogP contribution in [0.15, 0.2) is 21.1 Å². The fraction of sp³-hybridized carbons (Fsp3) is 0.125. The van der Waals surface area contributed by atoms with Gasteiger partial charge in [0.05, 0.1) is 5.69 Å². The number of benzene rings is 1. The van der Waals surface area contributed by atoms with Gasteiger partial charge >= 0.3 is 0 Å². The van der Waals surface area contributed by atoms with Crippen LogP contribution >= 0.6 is 31.9 Å². The predicted molar refractivity (Wildman–Crippen MR) is 56.3 cm³/mol. The second-order valence-corrected chi connectivity index (χ2v) is 4.05. The zero-order chi connectivity index (χ0) is 9.14. The molecule has 1 amide bonds. The van der Waals surface area contributed by atoms with E-state index in [1.807, 2.05) is 19.1 Å². The molecule has 2 nitrogen and oxygen atoms in total. The minimum Gasteiger partial charge on any atom is -0.328 e. The smallest absolute Gasteiger partial charge is 0.211 e. The highest BCUT2D eigenvalue weighted by atomic mass is 79.9. The lowest BCUT2D eigenvalue weighted by Crippen LogP contribution is -1.95. The summed E-state index contributed by atoms with van der Waals surface area (Å²) in [4.78, 5) is 10.2. The number of rotatable bonds is 2. The van der Waals surface area contributed by atoms with E-state index in [4.69, 9.17) is 0 Å². The minimum atomic E-state index is 0.660. The second-order valence-electron chi connectivity index (χ2n) is 2.34. The van der Waals surface area contributed by atoms with Crippen LogP contribution < -0.4 is 5.32 Å². The van der Waals surface area contributed by atoms with Crippen molar-refractivity contribution in [3.63, 3.8) is 0 Å². The monoisotopic (exact) mass is 291 g/mol. The van der Waals surface area contributed by atoms with E-state index in [1.165, 1.54) is 0 Å². The van der Waals surface area contributed by atoms with E-state index in [-0.39, 0.29) is 0 Å². The molecule has 0 aliphatic heterocycles. The molecular formula is C8H7Br2NO. The summed E-state index contributed by atoms with van der Waals surface area (Å²) in [7, 11) is 0. The highest BCUT2D eigenvalue weighted by molar-refractivity contribution is 9.11. The Morgan fingerprint density at radius 3 is 2.58 bits per heavy atom. The van der Waals surface area contributed by atoms with E-state index in [1.54, 1.807) is 0 Å². The molecule has 0 bridgehead atoms. The first-order chi connectivity index (χ1) is 5.65. The van der Waals surface area contributed by atoms with Crippen molar-refractivity contribution in [3.8, 4) is 0 Å². The number of hydrogen-bond acceptors (Lipinski definition) is 1. The third kappa shape index (κ3) is 2.08. The lowest BCUT2D eigenvalue weighted by Gasteiger charge is -2.05. The predicted octanol–water partition coefficient (Wildman–Crippen LogP) is 3.09. The van der Waals surface area contributed by atoms with Crippen molar-refractivity contribution < 1.29 is 4.79 Å². The van der Waals surface area contributed by atoms with E-state index in [0.717, 1.165) is 20.2 Å². The molecule has 0 fully saturated rings. The van der Waals surface area contributed by atoms with Gasteiger partial charge in [0.2, 0.25) is 6.41 Å². The van der Waals surface area contributed by atoms with Gasteiger partial charge < -0.3 is 5.32 Å². The molecule has 4 heteroatoms. The molecule has 1 N–H and O–H groups in total. The van der Waals surface area contributed by atoms with Crippen molar-refractivity contribution >= 4 is 44.0 Å². The van der Waals surface area contributed by atoms with Gasteiger partial charge in [0.1, 0.15) is 0 Å². The summed E-state index contributed by atoms with van der Waals surface area (Å²) in [5, 5.41) is 2.60. The zero-order valence-electron chi connectivity index (χ0n) is 6.40. The lowest BCUT2D eigenvalue weighted by atomic mass is 10.2. The summed E-state index contributed by atoms with van der Waals surface area (Å²) < 4.78 is 1.89. The number of aryl methyl sites for hydroxylation is 1. The molecule has 1 aromatic carbocycles. The molecule has 0 atom stereocenters. The fourth-order valence-electron chi connectivity index (χ4n) is 0.831. The van der Waals surface area contributed by atoms with Crippen LogP contribution in [0, 0.1) is 6.92 Å². The van der Waals surface area contributed by atoms with Gasteiger partial charge in [0.15, 0.2) is 0 Å². The summed E-state index contributed by atoms with van der Waals surface area (Å²) in [5.41, 5.74) is 1.87.